The minimum absolute atomic E-state index is 0.111. The summed E-state index contributed by atoms with van der Waals surface area (Å²) in [6.07, 6.45) is 2.19. The zero-order chi connectivity index (χ0) is 51.0. The van der Waals surface area contributed by atoms with Crippen LogP contribution in [0.15, 0.2) is 182 Å². The first kappa shape index (κ1) is 50.3. The van der Waals surface area contributed by atoms with Crippen LogP contribution in [0.3, 0.4) is 0 Å². The Balaban J connectivity index is 1.18. The topological polar surface area (TPSA) is 136 Å². The summed E-state index contributed by atoms with van der Waals surface area (Å²) in [5.41, 5.74) is -0.388. The fourth-order valence-electron chi connectivity index (χ4n) is 11.2. The van der Waals surface area contributed by atoms with Crippen LogP contribution < -0.4 is 29.6 Å². The van der Waals surface area contributed by atoms with Gasteiger partial charge in [-0.3, -0.25) is 9.59 Å². The molecule has 0 bridgehead atoms. The molecule has 4 N–H and O–H groups in total. The maximum atomic E-state index is 16.0. The summed E-state index contributed by atoms with van der Waals surface area (Å²) in [5.74, 6) is 1.52. The van der Waals surface area contributed by atoms with Gasteiger partial charge in [-0.2, -0.15) is 0 Å². The molecule has 73 heavy (non-hydrogen) atoms. The Labute approximate surface area is 427 Å². The second-order valence-electron chi connectivity index (χ2n) is 19.6. The molecule has 2 atom stereocenters. The first-order valence-electron chi connectivity index (χ1n) is 25.0. The van der Waals surface area contributed by atoms with Gasteiger partial charge in [-0.15, -0.1) is 0 Å². The van der Waals surface area contributed by atoms with Crippen molar-refractivity contribution in [2.45, 2.75) is 74.7 Å². The number of rotatable bonds is 20. The molecule has 374 valence electrons. The molecule has 1 aliphatic rings. The van der Waals surface area contributed by atoms with Gasteiger partial charge in [-0.1, -0.05) is 146 Å². The van der Waals surface area contributed by atoms with Crippen molar-refractivity contribution >= 4 is 33.4 Å². The number of hydrogen-bond acceptors (Lipinski definition) is 8. The normalized spacial score (nSPS) is 14.3. The molecule has 0 unspecified atom stereocenters. The lowest BCUT2D eigenvalue weighted by Crippen LogP contribution is -2.58. The van der Waals surface area contributed by atoms with Crippen LogP contribution in [0.25, 0.3) is 21.5 Å². The van der Waals surface area contributed by atoms with Crippen LogP contribution in [0, 0.1) is 5.41 Å². The predicted octanol–water partition coefficient (Wildman–Crippen LogP) is 11.0. The van der Waals surface area contributed by atoms with E-state index in [0.29, 0.717) is 47.0 Å². The average Bonchev–Trinajstić information content (AvgIpc) is 3.93. The minimum atomic E-state index is -1.69. The number of ether oxygens (including phenoxy) is 4. The molecule has 0 heterocycles. The van der Waals surface area contributed by atoms with Crippen LogP contribution in [0.4, 0.5) is 0 Å². The van der Waals surface area contributed by atoms with Crippen molar-refractivity contribution in [2.75, 3.05) is 28.4 Å². The van der Waals surface area contributed by atoms with Crippen molar-refractivity contribution in [1.82, 2.24) is 10.6 Å². The van der Waals surface area contributed by atoms with E-state index in [2.05, 4.69) is 10.6 Å². The summed E-state index contributed by atoms with van der Waals surface area (Å²) < 4.78 is 22.6. The van der Waals surface area contributed by atoms with Crippen molar-refractivity contribution in [2.24, 2.45) is 5.41 Å². The molecule has 8 aromatic carbocycles. The van der Waals surface area contributed by atoms with Crippen LogP contribution >= 0.6 is 0 Å². The van der Waals surface area contributed by atoms with E-state index in [0.717, 1.165) is 43.8 Å². The van der Waals surface area contributed by atoms with E-state index in [4.69, 9.17) is 18.9 Å². The molecule has 8 aromatic rings. The second-order valence-corrected chi connectivity index (χ2v) is 19.6. The summed E-state index contributed by atoms with van der Waals surface area (Å²) in [6, 6.07) is 55.9. The van der Waals surface area contributed by atoms with Gasteiger partial charge in [0, 0.05) is 25.7 Å². The summed E-state index contributed by atoms with van der Waals surface area (Å²) in [6.45, 7) is 0. The van der Waals surface area contributed by atoms with Gasteiger partial charge >= 0.3 is 0 Å². The highest BCUT2D eigenvalue weighted by atomic mass is 16.5. The molecule has 0 saturated heterocycles. The Kier molecular flexibility index (Phi) is 15.1. The molecule has 2 amide bonds. The molecule has 0 aliphatic heterocycles. The Bertz CT molecular complexity index is 2900. The summed E-state index contributed by atoms with van der Waals surface area (Å²) >= 11 is 0. The number of carbonyl (C=O) groups is 2. The van der Waals surface area contributed by atoms with Gasteiger partial charge in [0.15, 0.2) is 0 Å². The molecular weight excluding hydrogens is 913 g/mol. The third kappa shape index (κ3) is 10.9. The van der Waals surface area contributed by atoms with Gasteiger partial charge < -0.3 is 39.8 Å². The van der Waals surface area contributed by atoms with Gasteiger partial charge in [0.2, 0.25) is 11.8 Å². The lowest BCUT2D eigenvalue weighted by molar-refractivity contribution is -0.147. The highest BCUT2D eigenvalue weighted by molar-refractivity contribution is 6.06. The van der Waals surface area contributed by atoms with Crippen molar-refractivity contribution in [3.8, 4) is 23.0 Å². The Morgan fingerprint density at radius 2 is 0.753 bits per heavy atom. The second kappa shape index (κ2) is 22.0. The lowest BCUT2D eigenvalue weighted by Gasteiger charge is -2.42. The molecule has 0 aromatic heterocycles. The molecule has 10 nitrogen and oxygen atoms in total. The summed E-state index contributed by atoms with van der Waals surface area (Å²) in [4.78, 5) is 31.9. The van der Waals surface area contributed by atoms with Gasteiger partial charge in [0.05, 0.1) is 51.7 Å². The molecule has 0 spiro atoms. The monoisotopic (exact) mass is 976 g/mol. The molecule has 1 saturated carbocycles. The first-order valence-corrected chi connectivity index (χ1v) is 25.0. The van der Waals surface area contributed by atoms with Crippen LogP contribution in [0.5, 0.6) is 23.0 Å². The maximum absolute atomic E-state index is 16.0. The zero-order valence-corrected chi connectivity index (χ0v) is 42.0. The van der Waals surface area contributed by atoms with Crippen molar-refractivity contribution in [3.05, 3.63) is 215 Å². The maximum Gasteiger partial charge on any atom is 0.236 e. The molecule has 1 fully saturated rings. The quantitative estimate of drug-likeness (QED) is 0.0555. The van der Waals surface area contributed by atoms with E-state index in [1.54, 1.807) is 28.4 Å². The van der Waals surface area contributed by atoms with E-state index in [1.807, 2.05) is 182 Å². The third-order valence-corrected chi connectivity index (χ3v) is 14.8. The molecule has 1 aliphatic carbocycles. The molecular formula is C63H64N2O8. The van der Waals surface area contributed by atoms with E-state index in [1.165, 1.54) is 0 Å². The van der Waals surface area contributed by atoms with Gasteiger partial charge in [0.1, 0.15) is 28.4 Å². The van der Waals surface area contributed by atoms with E-state index in [-0.39, 0.29) is 38.5 Å². The minimum Gasteiger partial charge on any atom is -0.497 e. The first-order chi connectivity index (χ1) is 35.5. The number of carbonyl (C=O) groups excluding carboxylic acids is 2. The van der Waals surface area contributed by atoms with E-state index in [9.17, 15) is 10.2 Å². The van der Waals surface area contributed by atoms with E-state index >= 15 is 9.59 Å². The fraction of sp³-hybridized carbons (Fsp3) is 0.270. The Hall–Kier alpha value is -7.66. The highest BCUT2D eigenvalue weighted by Crippen LogP contribution is 2.45. The van der Waals surface area contributed by atoms with Crippen LogP contribution in [0.2, 0.25) is 0 Å². The SMILES string of the molecule is COc1cccc(CC(O)(Cc2cccc(OC)c2)[C@@H](NC(=O)C2(C(=O)N[C@@H](c3cccc4ccccc34)C(O)(Cc3cccc(OC)c3)Cc3cccc(OC)c3)CCCC2)c2cccc3ccccc23)c1. The van der Waals surface area contributed by atoms with Crippen molar-refractivity contribution < 1.29 is 38.7 Å². The lowest BCUT2D eigenvalue weighted by atomic mass is 9.75. The fourth-order valence-corrected chi connectivity index (χ4v) is 11.2. The van der Waals surface area contributed by atoms with Crippen LogP contribution in [0.1, 0.15) is 71.1 Å². The average molecular weight is 977 g/mol. The highest BCUT2D eigenvalue weighted by Gasteiger charge is 2.53. The summed E-state index contributed by atoms with van der Waals surface area (Å²) in [5, 5.41) is 37.9. The summed E-state index contributed by atoms with van der Waals surface area (Å²) in [7, 11) is 6.43. The van der Waals surface area contributed by atoms with Crippen molar-refractivity contribution in [1.29, 1.82) is 0 Å². The van der Waals surface area contributed by atoms with Gasteiger partial charge in [-0.25, -0.2) is 0 Å². The number of hydrogen-bond donors (Lipinski definition) is 4. The number of nitrogens with one attached hydrogen (secondary N) is 2. The number of fused-ring (bicyclic) bond motifs is 2. The number of amides is 2. The standard InChI is InChI=1S/C63H64N2O8/c1-70-49-25-11-17-43(35-49)39-62(68,40-44-18-12-26-50(36-44)71-2)57(55-31-15-23-47-21-5-7-29-53(47)55)64-59(66)61(33-9-10-34-61)60(67)65-58(56-32-16-24-48-22-6-8-30-54(48)56)63(69,41-45-19-13-27-51(37-45)72-3)42-46-20-14-28-52(38-46)73-4/h5-8,11-32,35-38,57-58,68-69H,9-10,33-34,39-42H2,1-4H3,(H,64,66)(H,65,67)/t57-,58-/m0/s1. The Morgan fingerprint density at radius 3 is 1.08 bits per heavy atom. The Morgan fingerprint density at radius 1 is 0.452 bits per heavy atom. The molecule has 10 heteroatoms. The smallest absolute Gasteiger partial charge is 0.236 e. The largest absolute Gasteiger partial charge is 0.497 e. The van der Waals surface area contributed by atoms with Crippen molar-refractivity contribution in [3.63, 3.8) is 0 Å². The van der Waals surface area contributed by atoms with Crippen LogP contribution in [-0.2, 0) is 35.3 Å². The number of aliphatic hydroxyl groups is 2. The predicted molar refractivity (Wildman–Crippen MR) is 287 cm³/mol. The number of methoxy groups -OCH3 is 4. The molecule has 0 radical (unpaired) electrons. The van der Waals surface area contributed by atoms with E-state index < -0.39 is 40.5 Å². The number of benzene rings is 8. The van der Waals surface area contributed by atoms with Gasteiger partial charge in [-0.05, 0) is 116 Å². The van der Waals surface area contributed by atoms with Crippen LogP contribution in [-0.4, -0.2) is 61.7 Å². The van der Waals surface area contributed by atoms with Gasteiger partial charge in [0.25, 0.3) is 0 Å². The third-order valence-electron chi connectivity index (χ3n) is 14.8. The molecule has 9 rings (SSSR count). The zero-order valence-electron chi connectivity index (χ0n) is 42.0.